The summed E-state index contributed by atoms with van der Waals surface area (Å²) in [7, 11) is 0. The van der Waals surface area contributed by atoms with Crippen LogP contribution in [0.1, 0.15) is 41.5 Å². The van der Waals surface area contributed by atoms with Gasteiger partial charge in [-0.3, -0.25) is 0 Å². The maximum atomic E-state index is 3.78. The van der Waals surface area contributed by atoms with Crippen LogP contribution in [0.15, 0.2) is 47.6 Å². The monoisotopic (exact) mass is 283 g/mol. The molecule has 0 aromatic heterocycles. The zero-order chi connectivity index (χ0) is 15.4. The lowest BCUT2D eigenvalue weighted by molar-refractivity contribution is 0.459. The topological polar surface area (TPSA) is 12.0 Å². The van der Waals surface area contributed by atoms with Crippen LogP contribution >= 0.6 is 0 Å². The van der Waals surface area contributed by atoms with Crippen LogP contribution in [0.4, 0.5) is 0 Å². The Balaban J connectivity index is 1.93. The standard InChI is InChI=1S/C20H29N/c1-19(2,3)13-7-9-17-15(11-13)16-12-14(20(4,5)6)8-10-18(16)21-17/h7-12,15-18,21H,1-6H3. The molecule has 4 unspecified atom stereocenters. The molecular weight excluding hydrogens is 254 g/mol. The van der Waals surface area contributed by atoms with Crippen LogP contribution in [-0.4, -0.2) is 12.1 Å². The average Bonchev–Trinajstić information content (AvgIpc) is 2.73. The van der Waals surface area contributed by atoms with Crippen LogP contribution < -0.4 is 5.32 Å². The molecule has 3 aliphatic rings. The first-order valence-electron chi connectivity index (χ1n) is 8.23. The Kier molecular flexibility index (Phi) is 3.33. The van der Waals surface area contributed by atoms with E-state index in [1.165, 1.54) is 11.1 Å². The van der Waals surface area contributed by atoms with Crippen molar-refractivity contribution in [3.63, 3.8) is 0 Å². The van der Waals surface area contributed by atoms with E-state index in [4.69, 9.17) is 0 Å². The number of nitrogens with one attached hydrogen (secondary N) is 1. The van der Waals surface area contributed by atoms with E-state index in [9.17, 15) is 0 Å². The number of rotatable bonds is 0. The highest BCUT2D eigenvalue weighted by molar-refractivity contribution is 5.40. The Morgan fingerprint density at radius 3 is 1.43 bits per heavy atom. The molecule has 0 spiro atoms. The molecule has 4 atom stereocenters. The molecule has 1 saturated heterocycles. The lowest BCUT2D eigenvalue weighted by Gasteiger charge is -2.31. The van der Waals surface area contributed by atoms with E-state index in [0.717, 1.165) is 0 Å². The predicted octanol–water partition coefficient (Wildman–Crippen LogP) is 4.64. The van der Waals surface area contributed by atoms with Crippen LogP contribution in [0.3, 0.4) is 0 Å². The van der Waals surface area contributed by atoms with Gasteiger partial charge < -0.3 is 5.32 Å². The summed E-state index contributed by atoms with van der Waals surface area (Å²) in [5, 5.41) is 3.78. The van der Waals surface area contributed by atoms with Crippen molar-refractivity contribution in [3.05, 3.63) is 47.6 Å². The molecule has 0 saturated carbocycles. The highest BCUT2D eigenvalue weighted by Crippen LogP contribution is 2.42. The molecule has 114 valence electrons. The summed E-state index contributed by atoms with van der Waals surface area (Å²) >= 11 is 0. The SMILES string of the molecule is CC(C)(C)C1=CC2C(C=C1)NC1C=CC(C(C)(C)C)=CC12. The lowest BCUT2D eigenvalue weighted by atomic mass is 9.73. The smallest absolute Gasteiger partial charge is 0.0328 e. The zero-order valence-corrected chi connectivity index (χ0v) is 14.3. The third kappa shape index (κ3) is 2.68. The molecule has 1 fully saturated rings. The maximum absolute atomic E-state index is 3.78. The first-order chi connectivity index (χ1) is 9.66. The normalized spacial score (nSPS) is 35.1. The summed E-state index contributed by atoms with van der Waals surface area (Å²) in [6, 6.07) is 0.984. The fourth-order valence-electron chi connectivity index (χ4n) is 3.66. The van der Waals surface area contributed by atoms with E-state index in [1.807, 2.05) is 0 Å². The van der Waals surface area contributed by atoms with Gasteiger partial charge in [0.2, 0.25) is 0 Å². The van der Waals surface area contributed by atoms with Gasteiger partial charge in [0.25, 0.3) is 0 Å². The van der Waals surface area contributed by atoms with Gasteiger partial charge in [-0.25, -0.2) is 0 Å². The molecule has 3 rings (SSSR count). The van der Waals surface area contributed by atoms with Gasteiger partial charge in [-0.05, 0) is 22.0 Å². The van der Waals surface area contributed by atoms with E-state index < -0.39 is 0 Å². The van der Waals surface area contributed by atoms with Crippen LogP contribution in [0, 0.1) is 22.7 Å². The van der Waals surface area contributed by atoms with Gasteiger partial charge in [-0.1, -0.05) is 78.0 Å². The zero-order valence-electron chi connectivity index (χ0n) is 14.3. The number of hydrogen-bond donors (Lipinski definition) is 1. The van der Waals surface area contributed by atoms with Crippen molar-refractivity contribution >= 4 is 0 Å². The summed E-state index contributed by atoms with van der Waals surface area (Å²) in [5.41, 5.74) is 3.43. The van der Waals surface area contributed by atoms with Crippen molar-refractivity contribution in [2.24, 2.45) is 22.7 Å². The summed E-state index contributed by atoms with van der Waals surface area (Å²) in [6.07, 6.45) is 14.5. The minimum absolute atomic E-state index is 0.237. The van der Waals surface area contributed by atoms with Crippen molar-refractivity contribution < 1.29 is 0 Å². The van der Waals surface area contributed by atoms with Crippen LogP contribution in [0.2, 0.25) is 0 Å². The van der Waals surface area contributed by atoms with Crippen LogP contribution in [-0.2, 0) is 0 Å². The minimum Gasteiger partial charge on any atom is -0.303 e. The molecule has 1 nitrogen and oxygen atoms in total. The molecule has 2 aliphatic carbocycles. The van der Waals surface area contributed by atoms with Gasteiger partial charge in [-0.15, -0.1) is 0 Å². The molecule has 1 aliphatic heterocycles. The van der Waals surface area contributed by atoms with E-state index >= 15 is 0 Å². The Morgan fingerprint density at radius 1 is 0.714 bits per heavy atom. The molecule has 0 aromatic carbocycles. The summed E-state index contributed by atoms with van der Waals surface area (Å²) in [6.45, 7) is 13.8. The lowest BCUT2D eigenvalue weighted by Crippen LogP contribution is -2.30. The highest BCUT2D eigenvalue weighted by Gasteiger charge is 2.42. The van der Waals surface area contributed by atoms with E-state index in [-0.39, 0.29) is 10.8 Å². The molecule has 0 aromatic rings. The van der Waals surface area contributed by atoms with Gasteiger partial charge in [-0.2, -0.15) is 0 Å². The minimum atomic E-state index is 0.237. The molecular formula is C20H29N. The average molecular weight is 283 g/mol. The predicted molar refractivity (Wildman–Crippen MR) is 91.0 cm³/mol. The molecule has 1 heterocycles. The van der Waals surface area contributed by atoms with Gasteiger partial charge in [0.1, 0.15) is 0 Å². The second-order valence-corrected chi connectivity index (χ2v) is 8.84. The molecule has 1 N–H and O–H groups in total. The largest absolute Gasteiger partial charge is 0.303 e. The molecule has 0 bridgehead atoms. The van der Waals surface area contributed by atoms with E-state index in [0.29, 0.717) is 23.9 Å². The van der Waals surface area contributed by atoms with Crippen molar-refractivity contribution in [3.8, 4) is 0 Å². The fourth-order valence-corrected chi connectivity index (χ4v) is 3.66. The summed E-state index contributed by atoms with van der Waals surface area (Å²) in [5.74, 6) is 1.19. The highest BCUT2D eigenvalue weighted by atomic mass is 15.0. The number of fused-ring (bicyclic) bond motifs is 3. The van der Waals surface area contributed by atoms with Gasteiger partial charge in [0.15, 0.2) is 0 Å². The first-order valence-corrected chi connectivity index (χ1v) is 8.23. The second-order valence-electron chi connectivity index (χ2n) is 8.84. The molecule has 0 radical (unpaired) electrons. The summed E-state index contributed by atoms with van der Waals surface area (Å²) < 4.78 is 0. The van der Waals surface area contributed by atoms with Crippen LogP contribution in [0.25, 0.3) is 0 Å². The van der Waals surface area contributed by atoms with Crippen molar-refractivity contribution in [1.29, 1.82) is 0 Å². The van der Waals surface area contributed by atoms with E-state index in [2.05, 4.69) is 83.3 Å². The van der Waals surface area contributed by atoms with E-state index in [1.54, 1.807) is 0 Å². The van der Waals surface area contributed by atoms with Crippen molar-refractivity contribution in [1.82, 2.24) is 5.32 Å². The van der Waals surface area contributed by atoms with Crippen LogP contribution in [0.5, 0.6) is 0 Å². The first kappa shape index (κ1) is 14.8. The van der Waals surface area contributed by atoms with Crippen molar-refractivity contribution in [2.75, 3.05) is 0 Å². The number of allylic oxidation sites excluding steroid dienone is 4. The third-order valence-electron chi connectivity index (χ3n) is 5.10. The molecule has 0 amide bonds. The molecule has 1 heteroatoms. The Bertz CT molecular complexity index is 495. The number of hydrogen-bond acceptors (Lipinski definition) is 1. The van der Waals surface area contributed by atoms with Gasteiger partial charge in [0, 0.05) is 23.9 Å². The second kappa shape index (κ2) is 4.71. The van der Waals surface area contributed by atoms with Gasteiger partial charge in [0.05, 0.1) is 0 Å². The van der Waals surface area contributed by atoms with Crippen molar-refractivity contribution in [2.45, 2.75) is 53.6 Å². The Hall–Kier alpha value is -1.08. The molecule has 21 heavy (non-hydrogen) atoms. The Morgan fingerprint density at radius 2 is 1.10 bits per heavy atom. The Labute approximate surface area is 129 Å². The fraction of sp³-hybridized carbons (Fsp3) is 0.600. The quantitative estimate of drug-likeness (QED) is 0.682. The third-order valence-corrected chi connectivity index (χ3v) is 5.10. The summed E-state index contributed by atoms with van der Waals surface area (Å²) in [4.78, 5) is 0. The van der Waals surface area contributed by atoms with Gasteiger partial charge >= 0.3 is 0 Å². The maximum Gasteiger partial charge on any atom is 0.0328 e.